The van der Waals surface area contributed by atoms with Gasteiger partial charge in [-0.25, -0.2) is 5.43 Å². The lowest BCUT2D eigenvalue weighted by Crippen LogP contribution is -2.38. The number of hydrogen-bond acceptors (Lipinski definition) is 4. The minimum atomic E-state index is -0.0933. The minimum Gasteiger partial charge on any atom is -0.380 e. The Bertz CT molecular complexity index is 340. The molecule has 0 saturated heterocycles. The summed E-state index contributed by atoms with van der Waals surface area (Å²) in [4.78, 5) is 0. The fraction of sp³-hybridized carbons (Fsp3) is 0.700. The molecule has 0 spiro atoms. The number of methoxy groups -OCH3 is 1. The van der Waals surface area contributed by atoms with Crippen molar-refractivity contribution in [3.8, 4) is 0 Å². The van der Waals surface area contributed by atoms with Gasteiger partial charge in [-0.3, -0.25) is 10.5 Å². The van der Waals surface area contributed by atoms with Crippen molar-refractivity contribution in [2.45, 2.75) is 39.0 Å². The van der Waals surface area contributed by atoms with Crippen LogP contribution in [-0.4, -0.2) is 23.0 Å². The van der Waals surface area contributed by atoms with E-state index in [9.17, 15) is 0 Å². The molecule has 0 bridgehead atoms. The molecular formula is C10H19BrN4O. The fourth-order valence-electron chi connectivity index (χ4n) is 1.63. The highest BCUT2D eigenvalue weighted by Crippen LogP contribution is 2.28. The maximum Gasteiger partial charge on any atom is 0.0899 e. The van der Waals surface area contributed by atoms with Crippen LogP contribution in [-0.2, 0) is 4.74 Å². The zero-order chi connectivity index (χ0) is 12.3. The Morgan fingerprint density at radius 2 is 2.12 bits per heavy atom. The van der Waals surface area contributed by atoms with Crippen molar-refractivity contribution in [3.63, 3.8) is 0 Å². The molecular weight excluding hydrogens is 272 g/mol. The number of nitrogens with zero attached hydrogens (tertiary/aromatic N) is 2. The number of halogens is 1. The van der Waals surface area contributed by atoms with E-state index in [0.717, 1.165) is 10.2 Å². The molecule has 0 aliphatic heterocycles. The van der Waals surface area contributed by atoms with Crippen LogP contribution in [0.1, 0.15) is 38.5 Å². The van der Waals surface area contributed by atoms with E-state index in [4.69, 9.17) is 10.6 Å². The third kappa shape index (κ3) is 2.63. The molecule has 2 atom stereocenters. The first-order valence-corrected chi connectivity index (χ1v) is 6.04. The normalized spacial score (nSPS) is 15.4. The van der Waals surface area contributed by atoms with Gasteiger partial charge in [0.15, 0.2) is 0 Å². The summed E-state index contributed by atoms with van der Waals surface area (Å²) in [5.74, 6) is 5.59. The van der Waals surface area contributed by atoms with Gasteiger partial charge in [-0.15, -0.1) is 0 Å². The predicted molar refractivity (Wildman–Crippen MR) is 66.8 cm³/mol. The summed E-state index contributed by atoms with van der Waals surface area (Å²) in [6, 6.07) is 0.186. The van der Waals surface area contributed by atoms with Crippen LogP contribution < -0.4 is 11.3 Å². The number of nitrogens with one attached hydrogen (secondary N) is 1. The minimum absolute atomic E-state index is 0.0319. The molecule has 0 aliphatic carbocycles. The van der Waals surface area contributed by atoms with Crippen molar-refractivity contribution in [1.82, 2.24) is 15.2 Å². The van der Waals surface area contributed by atoms with Crippen molar-refractivity contribution >= 4 is 15.9 Å². The van der Waals surface area contributed by atoms with E-state index in [-0.39, 0.29) is 18.2 Å². The number of hydrazine groups is 1. The number of nitrogens with two attached hydrogens (primary N) is 1. The zero-order valence-corrected chi connectivity index (χ0v) is 11.7. The molecule has 1 aromatic heterocycles. The average molecular weight is 291 g/mol. The van der Waals surface area contributed by atoms with E-state index in [1.54, 1.807) is 13.3 Å². The molecule has 1 heterocycles. The Morgan fingerprint density at radius 1 is 1.50 bits per heavy atom. The molecule has 3 N–H and O–H groups in total. The molecule has 2 unspecified atom stereocenters. The van der Waals surface area contributed by atoms with Gasteiger partial charge in [0, 0.05) is 13.2 Å². The molecule has 5 nitrogen and oxygen atoms in total. The van der Waals surface area contributed by atoms with E-state index in [0.29, 0.717) is 0 Å². The second-order valence-electron chi connectivity index (χ2n) is 4.00. The molecule has 1 rings (SSSR count). The topological polar surface area (TPSA) is 65.1 Å². The van der Waals surface area contributed by atoms with Gasteiger partial charge in [0.1, 0.15) is 0 Å². The fourth-order valence-corrected chi connectivity index (χ4v) is 2.15. The number of aromatic nitrogens is 2. The molecule has 0 aliphatic rings. The van der Waals surface area contributed by atoms with E-state index < -0.39 is 0 Å². The molecule has 6 heteroatoms. The van der Waals surface area contributed by atoms with Crippen LogP contribution in [0.2, 0.25) is 0 Å². The van der Waals surface area contributed by atoms with Crippen molar-refractivity contribution in [2.24, 2.45) is 5.84 Å². The van der Waals surface area contributed by atoms with E-state index in [2.05, 4.69) is 40.3 Å². The van der Waals surface area contributed by atoms with Crippen molar-refractivity contribution in [2.75, 3.05) is 7.11 Å². The number of rotatable bonds is 5. The number of ether oxygens (including phenoxy) is 1. The molecule has 1 aromatic rings. The lowest BCUT2D eigenvalue weighted by Gasteiger charge is -2.24. The second-order valence-corrected chi connectivity index (χ2v) is 4.86. The standard InChI is InChI=1S/C10H19BrN4O/c1-6(2)15-10(8(11)5-13-15)9(14-12)7(3)16-4/h5-7,9,14H,12H2,1-4H3. The van der Waals surface area contributed by atoms with Gasteiger partial charge in [-0.05, 0) is 36.7 Å². The quantitative estimate of drug-likeness (QED) is 0.641. The zero-order valence-electron chi connectivity index (χ0n) is 10.1. The highest BCUT2D eigenvalue weighted by Gasteiger charge is 2.25. The van der Waals surface area contributed by atoms with Crippen LogP contribution in [0, 0.1) is 0 Å². The molecule has 0 aromatic carbocycles. The Kier molecular flexibility index (Phi) is 4.91. The highest BCUT2D eigenvalue weighted by atomic mass is 79.9. The highest BCUT2D eigenvalue weighted by molar-refractivity contribution is 9.10. The first-order valence-electron chi connectivity index (χ1n) is 5.24. The summed E-state index contributed by atoms with van der Waals surface area (Å²) >= 11 is 3.49. The van der Waals surface area contributed by atoms with Gasteiger partial charge in [0.05, 0.1) is 28.5 Å². The number of hydrogen-bond donors (Lipinski definition) is 2. The molecule has 0 fully saturated rings. The van der Waals surface area contributed by atoms with Crippen LogP contribution in [0.5, 0.6) is 0 Å². The summed E-state index contributed by atoms with van der Waals surface area (Å²) in [5.41, 5.74) is 3.78. The monoisotopic (exact) mass is 290 g/mol. The lowest BCUT2D eigenvalue weighted by molar-refractivity contribution is 0.0793. The van der Waals surface area contributed by atoms with Crippen LogP contribution in [0.15, 0.2) is 10.7 Å². The van der Waals surface area contributed by atoms with Gasteiger partial charge >= 0.3 is 0 Å². The van der Waals surface area contributed by atoms with Crippen molar-refractivity contribution in [3.05, 3.63) is 16.4 Å². The van der Waals surface area contributed by atoms with Gasteiger partial charge in [0.25, 0.3) is 0 Å². The van der Waals surface area contributed by atoms with Gasteiger partial charge in [-0.2, -0.15) is 5.10 Å². The van der Waals surface area contributed by atoms with Crippen LogP contribution in [0.25, 0.3) is 0 Å². The maximum atomic E-state index is 5.59. The largest absolute Gasteiger partial charge is 0.380 e. The molecule has 0 saturated carbocycles. The van der Waals surface area contributed by atoms with E-state index in [1.165, 1.54) is 0 Å². The molecule has 0 amide bonds. The molecule has 16 heavy (non-hydrogen) atoms. The first kappa shape index (κ1) is 13.6. The second kappa shape index (κ2) is 5.77. The molecule has 92 valence electrons. The van der Waals surface area contributed by atoms with Crippen LogP contribution in [0.4, 0.5) is 0 Å². The third-order valence-corrected chi connectivity index (χ3v) is 3.20. The van der Waals surface area contributed by atoms with Crippen LogP contribution in [0.3, 0.4) is 0 Å². The Hall–Kier alpha value is -0.430. The van der Waals surface area contributed by atoms with Crippen LogP contribution >= 0.6 is 15.9 Å². The third-order valence-electron chi connectivity index (χ3n) is 2.59. The summed E-state index contributed by atoms with van der Waals surface area (Å²) in [5, 5.41) is 4.32. The SMILES string of the molecule is COC(C)C(NN)c1c(Br)cnn1C(C)C. The van der Waals surface area contributed by atoms with Gasteiger partial charge in [0.2, 0.25) is 0 Å². The summed E-state index contributed by atoms with van der Waals surface area (Å²) < 4.78 is 8.18. The van der Waals surface area contributed by atoms with Gasteiger partial charge in [-0.1, -0.05) is 0 Å². The van der Waals surface area contributed by atoms with Crippen molar-refractivity contribution < 1.29 is 4.74 Å². The van der Waals surface area contributed by atoms with E-state index in [1.807, 2.05) is 11.6 Å². The Morgan fingerprint density at radius 3 is 2.56 bits per heavy atom. The first-order chi connectivity index (χ1) is 7.52. The summed E-state index contributed by atoms with van der Waals surface area (Å²) in [6.45, 7) is 6.12. The predicted octanol–water partition coefficient (Wildman–Crippen LogP) is 1.77. The Balaban J connectivity index is 3.12. The van der Waals surface area contributed by atoms with E-state index >= 15 is 0 Å². The summed E-state index contributed by atoms with van der Waals surface area (Å²) in [7, 11) is 1.67. The van der Waals surface area contributed by atoms with Crippen molar-refractivity contribution in [1.29, 1.82) is 0 Å². The molecule has 0 radical (unpaired) electrons. The summed E-state index contributed by atoms with van der Waals surface area (Å²) in [6.07, 6.45) is 1.75. The average Bonchev–Trinajstić information content (AvgIpc) is 2.62. The Labute approximate surface area is 104 Å². The van der Waals surface area contributed by atoms with Gasteiger partial charge < -0.3 is 4.74 Å². The maximum absolute atomic E-state index is 5.59. The smallest absolute Gasteiger partial charge is 0.0899 e. The lowest BCUT2D eigenvalue weighted by atomic mass is 10.1.